The van der Waals surface area contributed by atoms with Crippen molar-refractivity contribution in [3.8, 4) is 0 Å². The summed E-state index contributed by atoms with van der Waals surface area (Å²) in [5.74, 6) is -1.32. The molecular weight excluding hydrogens is 336 g/mol. The summed E-state index contributed by atoms with van der Waals surface area (Å²) >= 11 is 1.48. The van der Waals surface area contributed by atoms with E-state index >= 15 is 0 Å². The van der Waals surface area contributed by atoms with E-state index in [2.05, 4.69) is 0 Å². The van der Waals surface area contributed by atoms with E-state index in [1.54, 1.807) is 14.2 Å². The van der Waals surface area contributed by atoms with Crippen molar-refractivity contribution in [3.05, 3.63) is 0 Å². The van der Waals surface area contributed by atoms with Gasteiger partial charge in [-0.05, 0) is 18.6 Å². The van der Waals surface area contributed by atoms with E-state index in [4.69, 9.17) is 23.7 Å². The maximum Gasteiger partial charge on any atom is 0.223 e. The number of hydrogen-bond donors (Lipinski definition) is 2. The lowest BCUT2D eigenvalue weighted by Gasteiger charge is -2.60. The molecule has 3 aliphatic rings. The predicted molar refractivity (Wildman–Crippen MR) is 87.6 cm³/mol. The lowest BCUT2D eigenvalue weighted by Crippen LogP contribution is -2.74. The molecule has 1 saturated carbocycles. The van der Waals surface area contributed by atoms with Gasteiger partial charge < -0.3 is 33.9 Å². The first-order valence-electron chi connectivity index (χ1n) is 8.58. The van der Waals surface area contributed by atoms with E-state index in [9.17, 15) is 10.2 Å². The Hall–Kier alpha value is 0.0700. The van der Waals surface area contributed by atoms with Gasteiger partial charge in [0.25, 0.3) is 0 Å². The molecule has 24 heavy (non-hydrogen) atoms. The average Bonchev–Trinajstić information content (AvgIpc) is 2.62. The van der Waals surface area contributed by atoms with Crippen molar-refractivity contribution >= 4 is 11.8 Å². The number of aliphatic hydroxyl groups excluding tert-OH is 2. The summed E-state index contributed by atoms with van der Waals surface area (Å²) in [5.41, 5.74) is -0.468. The van der Waals surface area contributed by atoms with Crippen LogP contribution in [0.1, 0.15) is 32.6 Å². The molecule has 2 heterocycles. The lowest BCUT2D eigenvalue weighted by atomic mass is 9.84. The summed E-state index contributed by atoms with van der Waals surface area (Å²) < 4.78 is 30.0. The molecule has 2 saturated heterocycles. The zero-order valence-corrected chi connectivity index (χ0v) is 15.3. The van der Waals surface area contributed by atoms with Gasteiger partial charge in [-0.1, -0.05) is 6.92 Å². The molecule has 1 aliphatic carbocycles. The zero-order chi connectivity index (χ0) is 17.4. The average molecular weight is 364 g/mol. The van der Waals surface area contributed by atoms with Crippen LogP contribution in [-0.4, -0.2) is 78.2 Å². The molecule has 0 radical (unpaired) electrons. The highest BCUT2D eigenvalue weighted by molar-refractivity contribution is 7.99. The third kappa shape index (κ3) is 2.81. The molecule has 0 amide bonds. The van der Waals surface area contributed by atoms with Crippen molar-refractivity contribution in [2.45, 2.75) is 74.0 Å². The van der Waals surface area contributed by atoms with E-state index in [0.717, 1.165) is 18.6 Å². The van der Waals surface area contributed by atoms with Crippen molar-refractivity contribution in [2.75, 3.05) is 26.6 Å². The van der Waals surface area contributed by atoms with Gasteiger partial charge in [-0.25, -0.2) is 0 Å². The first-order chi connectivity index (χ1) is 11.6. The van der Waals surface area contributed by atoms with Gasteiger partial charge in [0.15, 0.2) is 0 Å². The Labute approximate surface area is 146 Å². The van der Waals surface area contributed by atoms with Crippen LogP contribution in [0.15, 0.2) is 0 Å². The molecule has 3 rings (SSSR count). The predicted octanol–water partition coefficient (Wildman–Crippen LogP) is 0.861. The molecule has 2 N–H and O–H groups in total. The van der Waals surface area contributed by atoms with Crippen molar-refractivity contribution < 1.29 is 33.9 Å². The highest BCUT2D eigenvalue weighted by Gasteiger charge is 2.66. The van der Waals surface area contributed by atoms with Gasteiger partial charge >= 0.3 is 0 Å². The fraction of sp³-hybridized carbons (Fsp3) is 1.00. The molecule has 3 fully saturated rings. The molecule has 140 valence electrons. The van der Waals surface area contributed by atoms with Gasteiger partial charge in [-0.2, -0.15) is 0 Å². The van der Waals surface area contributed by atoms with Crippen LogP contribution >= 0.6 is 11.8 Å². The molecule has 0 aromatic carbocycles. The standard InChI is InChI=1S/C16H28O7S/c1-4-24-14-11(18)13-12(10(9-17)21-14)22-15(19-2)7-5-6-8-16(15,20-3)23-13/h10-14,17-18H,4-9H2,1-3H3/t10-,11+,12-,13-,14-,15+,16+/m1/s1. The Morgan fingerprint density at radius 3 is 2.17 bits per heavy atom. The number of fused-ring (bicyclic) bond motifs is 2. The quantitative estimate of drug-likeness (QED) is 0.743. The first-order valence-corrected chi connectivity index (χ1v) is 9.63. The van der Waals surface area contributed by atoms with Crippen molar-refractivity contribution in [1.29, 1.82) is 0 Å². The molecule has 0 unspecified atom stereocenters. The molecule has 0 spiro atoms. The number of methoxy groups -OCH3 is 2. The van der Waals surface area contributed by atoms with Crippen LogP contribution in [0.25, 0.3) is 0 Å². The smallest absolute Gasteiger partial charge is 0.223 e. The molecular formula is C16H28O7S. The van der Waals surface area contributed by atoms with Gasteiger partial charge in [0.05, 0.1) is 6.61 Å². The normalized spacial score (nSPS) is 48.6. The van der Waals surface area contributed by atoms with E-state index < -0.39 is 41.4 Å². The number of thioether (sulfide) groups is 1. The molecule has 7 nitrogen and oxygen atoms in total. The van der Waals surface area contributed by atoms with Crippen LogP contribution in [0.2, 0.25) is 0 Å². The summed E-state index contributed by atoms with van der Waals surface area (Å²) in [6, 6.07) is 0. The van der Waals surface area contributed by atoms with Gasteiger partial charge in [-0.15, -0.1) is 11.8 Å². The SMILES string of the molecule is CCS[C@H]1O[C@H](CO)[C@H]2O[C@@]3(OC)CCCC[C@]3(OC)O[C@@H]2[C@@H]1O. The van der Waals surface area contributed by atoms with Crippen molar-refractivity contribution in [1.82, 2.24) is 0 Å². The fourth-order valence-corrected chi connectivity index (χ4v) is 4.97. The number of rotatable bonds is 5. The monoisotopic (exact) mass is 364 g/mol. The second-order valence-corrected chi connectivity index (χ2v) is 7.83. The van der Waals surface area contributed by atoms with E-state index in [0.29, 0.717) is 12.8 Å². The van der Waals surface area contributed by atoms with Gasteiger partial charge in [0.2, 0.25) is 11.6 Å². The molecule has 7 atom stereocenters. The number of ether oxygens (including phenoxy) is 5. The maximum atomic E-state index is 10.7. The van der Waals surface area contributed by atoms with E-state index in [1.165, 1.54) is 11.8 Å². The second kappa shape index (κ2) is 7.36. The maximum absolute atomic E-state index is 10.7. The van der Waals surface area contributed by atoms with Crippen LogP contribution in [0.5, 0.6) is 0 Å². The molecule has 8 heteroatoms. The van der Waals surface area contributed by atoms with Crippen LogP contribution in [0.4, 0.5) is 0 Å². The molecule has 0 bridgehead atoms. The Bertz CT molecular complexity index is 439. The highest BCUT2D eigenvalue weighted by Crippen LogP contribution is 2.51. The summed E-state index contributed by atoms with van der Waals surface area (Å²) in [7, 11) is 3.16. The van der Waals surface area contributed by atoms with Crippen molar-refractivity contribution in [2.24, 2.45) is 0 Å². The van der Waals surface area contributed by atoms with Gasteiger partial charge in [-0.3, -0.25) is 0 Å². The van der Waals surface area contributed by atoms with Crippen LogP contribution in [-0.2, 0) is 23.7 Å². The summed E-state index contributed by atoms with van der Waals surface area (Å²) in [6.07, 6.45) is 0.425. The number of hydrogen-bond acceptors (Lipinski definition) is 8. The third-order valence-corrected chi connectivity index (χ3v) is 6.33. The summed E-state index contributed by atoms with van der Waals surface area (Å²) in [6.45, 7) is 1.78. The minimum atomic E-state index is -1.05. The molecule has 0 aromatic heterocycles. The largest absolute Gasteiger partial charge is 0.394 e. The Balaban J connectivity index is 1.93. The minimum absolute atomic E-state index is 0.211. The molecule has 0 aromatic rings. The topological polar surface area (TPSA) is 86.6 Å². The third-order valence-electron chi connectivity index (χ3n) is 5.28. The number of aliphatic hydroxyl groups is 2. The fourth-order valence-electron chi connectivity index (χ4n) is 4.06. The highest BCUT2D eigenvalue weighted by atomic mass is 32.2. The molecule has 2 aliphatic heterocycles. The van der Waals surface area contributed by atoms with E-state index in [-0.39, 0.29) is 6.61 Å². The lowest BCUT2D eigenvalue weighted by molar-refractivity contribution is -0.488. The zero-order valence-electron chi connectivity index (χ0n) is 14.5. The second-order valence-electron chi connectivity index (χ2n) is 6.46. The Kier molecular flexibility index (Phi) is 5.78. The first kappa shape index (κ1) is 18.8. The van der Waals surface area contributed by atoms with Crippen LogP contribution in [0.3, 0.4) is 0 Å². The van der Waals surface area contributed by atoms with E-state index in [1.807, 2.05) is 6.92 Å². The van der Waals surface area contributed by atoms with Gasteiger partial charge in [0.1, 0.15) is 29.9 Å². The van der Waals surface area contributed by atoms with Gasteiger partial charge in [0, 0.05) is 27.1 Å². The Morgan fingerprint density at radius 2 is 1.67 bits per heavy atom. The van der Waals surface area contributed by atoms with Crippen LogP contribution < -0.4 is 0 Å². The minimum Gasteiger partial charge on any atom is -0.394 e. The summed E-state index contributed by atoms with van der Waals surface area (Å²) in [5, 5.41) is 20.5. The Morgan fingerprint density at radius 1 is 1.08 bits per heavy atom. The van der Waals surface area contributed by atoms with Crippen molar-refractivity contribution in [3.63, 3.8) is 0 Å². The summed E-state index contributed by atoms with van der Waals surface area (Å²) in [4.78, 5) is 0. The van der Waals surface area contributed by atoms with Crippen LogP contribution in [0, 0.1) is 0 Å².